The quantitative estimate of drug-likeness (QED) is 0.491. The molecular formula is C14H18OSi. The van der Waals surface area contributed by atoms with Gasteiger partial charge >= 0.3 is 0 Å². The molecule has 0 fully saturated rings. The Morgan fingerprint density at radius 3 is 2.75 bits per heavy atom. The predicted molar refractivity (Wildman–Crippen MR) is 70.0 cm³/mol. The summed E-state index contributed by atoms with van der Waals surface area (Å²) in [6, 6.07) is 8.48. The molecule has 2 rings (SSSR count). The second kappa shape index (κ2) is 4.45. The topological polar surface area (TPSA) is 9.23 Å². The highest BCUT2D eigenvalue weighted by Gasteiger charge is 2.18. The van der Waals surface area contributed by atoms with Crippen molar-refractivity contribution in [3.05, 3.63) is 35.4 Å². The molecule has 0 saturated carbocycles. The Hall–Kier alpha value is -1.04. The highest BCUT2D eigenvalue weighted by atomic mass is 28.3. The molecule has 0 bridgehead atoms. The second-order valence-corrected chi connectivity index (χ2v) is 9.97. The molecule has 0 spiro atoms. The van der Waals surface area contributed by atoms with Crippen molar-refractivity contribution in [1.29, 1.82) is 0 Å². The molecule has 0 aliphatic carbocycles. The Morgan fingerprint density at radius 2 is 2.00 bits per heavy atom. The molecule has 1 aromatic rings. The summed E-state index contributed by atoms with van der Waals surface area (Å²) in [5.41, 5.74) is 6.05. The molecule has 84 valence electrons. The summed E-state index contributed by atoms with van der Waals surface area (Å²) in [6.45, 7) is 7.57. The monoisotopic (exact) mass is 230 g/mol. The van der Waals surface area contributed by atoms with E-state index in [-0.39, 0.29) is 6.10 Å². The molecule has 0 N–H and O–H groups in total. The highest BCUT2D eigenvalue weighted by molar-refractivity contribution is 6.83. The number of benzene rings is 1. The maximum absolute atomic E-state index is 5.75. The molecule has 1 heterocycles. The fraction of sp³-hybridized carbons (Fsp3) is 0.429. The maximum atomic E-state index is 5.75. The lowest BCUT2D eigenvalue weighted by Gasteiger charge is -2.22. The van der Waals surface area contributed by atoms with E-state index in [9.17, 15) is 0 Å². The van der Waals surface area contributed by atoms with Crippen LogP contribution in [0.3, 0.4) is 0 Å². The van der Waals surface area contributed by atoms with Crippen molar-refractivity contribution in [3.63, 3.8) is 0 Å². The van der Waals surface area contributed by atoms with E-state index in [0.717, 1.165) is 13.0 Å². The van der Waals surface area contributed by atoms with Gasteiger partial charge in [0.1, 0.15) is 14.2 Å². The van der Waals surface area contributed by atoms with Gasteiger partial charge in [0, 0.05) is 0 Å². The van der Waals surface area contributed by atoms with Gasteiger partial charge in [0.25, 0.3) is 0 Å². The SMILES string of the molecule is C[Si](C)(C)C#CC1OCCc2ccccc21. The second-order valence-electron chi connectivity index (χ2n) is 5.22. The predicted octanol–water partition coefficient (Wildman–Crippen LogP) is 3.18. The number of hydrogen-bond acceptors (Lipinski definition) is 1. The van der Waals surface area contributed by atoms with Gasteiger partial charge in [-0.15, -0.1) is 5.54 Å². The van der Waals surface area contributed by atoms with Crippen LogP contribution >= 0.6 is 0 Å². The lowest BCUT2D eigenvalue weighted by Crippen LogP contribution is -2.19. The van der Waals surface area contributed by atoms with E-state index < -0.39 is 8.07 Å². The van der Waals surface area contributed by atoms with Gasteiger partial charge in [-0.05, 0) is 17.5 Å². The first-order chi connectivity index (χ1) is 7.56. The van der Waals surface area contributed by atoms with Crippen LogP contribution in [0.25, 0.3) is 0 Å². The van der Waals surface area contributed by atoms with Crippen LogP contribution in [0.5, 0.6) is 0 Å². The molecule has 0 radical (unpaired) electrons. The van der Waals surface area contributed by atoms with Crippen LogP contribution in [0.2, 0.25) is 19.6 Å². The van der Waals surface area contributed by atoms with Crippen molar-refractivity contribution in [2.24, 2.45) is 0 Å². The molecular weight excluding hydrogens is 212 g/mol. The third-order valence-electron chi connectivity index (χ3n) is 2.57. The van der Waals surface area contributed by atoms with Gasteiger partial charge in [0.15, 0.2) is 0 Å². The van der Waals surface area contributed by atoms with E-state index >= 15 is 0 Å². The average molecular weight is 230 g/mol. The first-order valence-corrected chi connectivity index (χ1v) is 9.28. The molecule has 0 aromatic heterocycles. The van der Waals surface area contributed by atoms with Crippen molar-refractivity contribution < 1.29 is 4.74 Å². The van der Waals surface area contributed by atoms with E-state index in [4.69, 9.17) is 4.74 Å². The smallest absolute Gasteiger partial charge is 0.143 e. The first-order valence-electron chi connectivity index (χ1n) is 5.78. The van der Waals surface area contributed by atoms with Crippen LogP contribution in [0.1, 0.15) is 17.2 Å². The Morgan fingerprint density at radius 1 is 1.25 bits per heavy atom. The molecule has 1 nitrogen and oxygen atoms in total. The summed E-state index contributed by atoms with van der Waals surface area (Å²) < 4.78 is 5.75. The van der Waals surface area contributed by atoms with Crippen molar-refractivity contribution in [2.45, 2.75) is 32.2 Å². The third kappa shape index (κ3) is 2.75. The normalized spacial score (nSPS) is 19.6. The van der Waals surface area contributed by atoms with E-state index in [1.807, 2.05) is 0 Å². The fourth-order valence-electron chi connectivity index (χ4n) is 1.80. The van der Waals surface area contributed by atoms with Gasteiger partial charge in [-0.25, -0.2) is 0 Å². The maximum Gasteiger partial charge on any atom is 0.143 e. The summed E-state index contributed by atoms with van der Waals surface area (Å²) in [4.78, 5) is 0. The van der Waals surface area contributed by atoms with E-state index in [1.165, 1.54) is 11.1 Å². The summed E-state index contributed by atoms with van der Waals surface area (Å²) in [5.74, 6) is 3.31. The molecule has 1 atom stereocenters. The summed E-state index contributed by atoms with van der Waals surface area (Å²) >= 11 is 0. The van der Waals surface area contributed by atoms with Crippen LogP contribution in [0.4, 0.5) is 0 Å². The van der Waals surface area contributed by atoms with Crippen molar-refractivity contribution >= 4 is 8.07 Å². The Labute approximate surface area is 98.8 Å². The van der Waals surface area contributed by atoms with E-state index in [0.29, 0.717) is 0 Å². The molecule has 16 heavy (non-hydrogen) atoms. The van der Waals surface area contributed by atoms with Gasteiger partial charge in [0.05, 0.1) is 6.61 Å². The average Bonchev–Trinajstić information content (AvgIpc) is 2.25. The van der Waals surface area contributed by atoms with Gasteiger partial charge in [0.2, 0.25) is 0 Å². The van der Waals surface area contributed by atoms with Crippen molar-refractivity contribution in [2.75, 3.05) is 6.61 Å². The third-order valence-corrected chi connectivity index (χ3v) is 3.47. The van der Waals surface area contributed by atoms with Gasteiger partial charge < -0.3 is 4.74 Å². The van der Waals surface area contributed by atoms with E-state index in [2.05, 4.69) is 55.4 Å². The Bertz CT molecular complexity index is 434. The van der Waals surface area contributed by atoms with Crippen molar-refractivity contribution in [1.82, 2.24) is 0 Å². The minimum atomic E-state index is -1.30. The zero-order valence-corrected chi connectivity index (χ0v) is 11.2. The van der Waals surface area contributed by atoms with E-state index in [1.54, 1.807) is 0 Å². The molecule has 1 aliphatic rings. The van der Waals surface area contributed by atoms with Crippen LogP contribution < -0.4 is 0 Å². The van der Waals surface area contributed by atoms with Crippen LogP contribution in [-0.4, -0.2) is 14.7 Å². The minimum Gasteiger partial charge on any atom is -0.360 e. The van der Waals surface area contributed by atoms with Crippen LogP contribution in [-0.2, 0) is 11.2 Å². The molecule has 1 unspecified atom stereocenters. The molecule has 0 saturated heterocycles. The van der Waals surface area contributed by atoms with Crippen molar-refractivity contribution in [3.8, 4) is 11.5 Å². The molecule has 0 amide bonds. The molecule has 2 heteroatoms. The number of hydrogen-bond donors (Lipinski definition) is 0. The lowest BCUT2D eigenvalue weighted by atomic mass is 9.98. The summed E-state index contributed by atoms with van der Waals surface area (Å²) in [5, 5.41) is 0. The van der Waals surface area contributed by atoms with Gasteiger partial charge in [-0.3, -0.25) is 0 Å². The first kappa shape index (κ1) is 11.4. The largest absolute Gasteiger partial charge is 0.360 e. The zero-order valence-electron chi connectivity index (χ0n) is 10.2. The standard InChI is InChI=1S/C14H18OSi/c1-16(2,3)11-9-14-13-7-5-4-6-12(13)8-10-15-14/h4-7,14H,8,10H2,1-3H3. The highest BCUT2D eigenvalue weighted by Crippen LogP contribution is 2.26. The Balaban J connectivity index is 2.28. The van der Waals surface area contributed by atoms with Crippen LogP contribution in [0, 0.1) is 11.5 Å². The number of ether oxygens (including phenoxy) is 1. The minimum absolute atomic E-state index is 0.00308. The zero-order chi connectivity index (χ0) is 11.6. The van der Waals surface area contributed by atoms with Gasteiger partial charge in [-0.1, -0.05) is 49.8 Å². The molecule has 1 aliphatic heterocycles. The van der Waals surface area contributed by atoms with Gasteiger partial charge in [-0.2, -0.15) is 0 Å². The lowest BCUT2D eigenvalue weighted by molar-refractivity contribution is 0.0814. The number of fused-ring (bicyclic) bond motifs is 1. The Kier molecular flexibility index (Phi) is 3.18. The summed E-state index contributed by atoms with van der Waals surface area (Å²) in [7, 11) is -1.30. The fourth-order valence-corrected chi connectivity index (χ4v) is 2.36. The summed E-state index contributed by atoms with van der Waals surface area (Å²) in [6.07, 6.45) is 1.01. The van der Waals surface area contributed by atoms with Crippen LogP contribution in [0.15, 0.2) is 24.3 Å². The number of rotatable bonds is 0. The molecule has 1 aromatic carbocycles.